The molecule has 0 saturated carbocycles. The minimum atomic E-state index is 0.0386. The lowest BCUT2D eigenvalue weighted by molar-refractivity contribution is -0.0664. The highest BCUT2D eigenvalue weighted by atomic mass is 16.5. The maximum absolute atomic E-state index is 12.1. The van der Waals surface area contributed by atoms with E-state index in [0.29, 0.717) is 13.1 Å². The lowest BCUT2D eigenvalue weighted by Crippen LogP contribution is -2.52. The van der Waals surface area contributed by atoms with Crippen molar-refractivity contribution in [3.05, 3.63) is 35.9 Å². The number of benzene rings is 1. The third-order valence-electron chi connectivity index (χ3n) is 3.74. The second kappa shape index (κ2) is 8.03. The number of nitrogens with zero attached hydrogens (tertiary/aromatic N) is 1. The first-order chi connectivity index (χ1) is 10.2. The molecular formula is C17H26N2O2. The molecule has 0 aromatic heterocycles. The van der Waals surface area contributed by atoms with Crippen molar-refractivity contribution in [1.82, 2.24) is 10.2 Å². The van der Waals surface area contributed by atoms with E-state index in [2.05, 4.69) is 36.5 Å². The van der Waals surface area contributed by atoms with Crippen LogP contribution in [0, 0.1) is 0 Å². The molecule has 2 rings (SSSR count). The van der Waals surface area contributed by atoms with Crippen LogP contribution in [0.2, 0.25) is 0 Å². The van der Waals surface area contributed by atoms with Gasteiger partial charge in [-0.2, -0.15) is 0 Å². The summed E-state index contributed by atoms with van der Waals surface area (Å²) in [5, 5.41) is 2.95. The van der Waals surface area contributed by atoms with Crippen LogP contribution in [0.5, 0.6) is 0 Å². The number of hydrogen-bond acceptors (Lipinski definition) is 2. The van der Waals surface area contributed by atoms with Gasteiger partial charge in [0, 0.05) is 19.6 Å². The van der Waals surface area contributed by atoms with E-state index in [0.717, 1.165) is 25.8 Å². The van der Waals surface area contributed by atoms with Gasteiger partial charge in [-0.15, -0.1) is 0 Å². The number of urea groups is 1. The van der Waals surface area contributed by atoms with Gasteiger partial charge in [-0.1, -0.05) is 37.3 Å². The van der Waals surface area contributed by atoms with Gasteiger partial charge >= 0.3 is 6.03 Å². The summed E-state index contributed by atoms with van der Waals surface area (Å²) in [6.45, 7) is 6.20. The summed E-state index contributed by atoms with van der Waals surface area (Å²) < 4.78 is 5.97. The second-order valence-electron chi connectivity index (χ2n) is 5.73. The summed E-state index contributed by atoms with van der Waals surface area (Å²) in [7, 11) is 0. The van der Waals surface area contributed by atoms with Gasteiger partial charge in [0.1, 0.15) is 0 Å². The third-order valence-corrected chi connectivity index (χ3v) is 3.74. The molecule has 0 bridgehead atoms. The van der Waals surface area contributed by atoms with E-state index in [4.69, 9.17) is 4.74 Å². The molecule has 1 heterocycles. The molecule has 1 N–H and O–H groups in total. The molecule has 2 unspecified atom stereocenters. The van der Waals surface area contributed by atoms with Gasteiger partial charge in [0.15, 0.2) is 0 Å². The average molecular weight is 290 g/mol. The molecule has 21 heavy (non-hydrogen) atoms. The summed E-state index contributed by atoms with van der Waals surface area (Å²) in [5.74, 6) is 0. The standard InChI is InChI=1S/C17H26N2O2/c1-3-11-18-17(20)19-12-14(2)21-16(13-19)10-9-15-7-5-4-6-8-15/h4-8,14,16H,3,9-13H2,1-2H3,(H,18,20). The van der Waals surface area contributed by atoms with E-state index in [1.165, 1.54) is 5.56 Å². The quantitative estimate of drug-likeness (QED) is 0.906. The molecule has 1 aromatic rings. The predicted octanol–water partition coefficient (Wildman–Crippen LogP) is 2.83. The van der Waals surface area contributed by atoms with Crippen LogP contribution in [-0.4, -0.2) is 42.8 Å². The summed E-state index contributed by atoms with van der Waals surface area (Å²) in [6, 6.07) is 10.5. The van der Waals surface area contributed by atoms with Crippen molar-refractivity contribution in [3.8, 4) is 0 Å². The largest absolute Gasteiger partial charge is 0.372 e. The Labute approximate surface area is 127 Å². The Bertz CT molecular complexity index is 436. The molecule has 1 aliphatic heterocycles. The predicted molar refractivity (Wildman–Crippen MR) is 84.4 cm³/mol. The summed E-state index contributed by atoms with van der Waals surface area (Å²) in [4.78, 5) is 14.0. The average Bonchev–Trinajstić information content (AvgIpc) is 2.51. The fourth-order valence-corrected chi connectivity index (χ4v) is 2.69. The van der Waals surface area contributed by atoms with E-state index in [1.807, 2.05) is 17.9 Å². The Balaban J connectivity index is 1.84. The number of amides is 2. The number of carbonyl (C=O) groups is 1. The van der Waals surface area contributed by atoms with E-state index in [-0.39, 0.29) is 18.2 Å². The highest BCUT2D eigenvalue weighted by Crippen LogP contribution is 2.16. The number of ether oxygens (including phenoxy) is 1. The normalized spacial score (nSPS) is 22.1. The van der Waals surface area contributed by atoms with Gasteiger partial charge in [0.25, 0.3) is 0 Å². The highest BCUT2D eigenvalue weighted by Gasteiger charge is 2.27. The smallest absolute Gasteiger partial charge is 0.317 e. The van der Waals surface area contributed by atoms with Crippen LogP contribution in [0.25, 0.3) is 0 Å². The number of morpholine rings is 1. The SMILES string of the molecule is CCCNC(=O)N1CC(C)OC(CCc2ccccc2)C1. The number of nitrogens with one attached hydrogen (secondary N) is 1. The first kappa shape index (κ1) is 15.8. The zero-order chi connectivity index (χ0) is 15.1. The van der Waals surface area contributed by atoms with Crippen LogP contribution < -0.4 is 5.32 Å². The fourth-order valence-electron chi connectivity index (χ4n) is 2.69. The number of hydrogen-bond donors (Lipinski definition) is 1. The molecule has 0 radical (unpaired) electrons. The lowest BCUT2D eigenvalue weighted by Gasteiger charge is -2.36. The van der Waals surface area contributed by atoms with Crippen LogP contribution in [0.1, 0.15) is 32.3 Å². The molecule has 1 aliphatic rings. The number of rotatable bonds is 5. The van der Waals surface area contributed by atoms with E-state index in [9.17, 15) is 4.79 Å². The lowest BCUT2D eigenvalue weighted by atomic mass is 10.1. The van der Waals surface area contributed by atoms with Gasteiger partial charge in [0.05, 0.1) is 12.2 Å². The first-order valence-corrected chi connectivity index (χ1v) is 7.91. The fraction of sp³-hybridized carbons (Fsp3) is 0.588. The van der Waals surface area contributed by atoms with E-state index < -0.39 is 0 Å². The molecule has 1 saturated heterocycles. The monoisotopic (exact) mass is 290 g/mol. The molecule has 2 atom stereocenters. The van der Waals surface area contributed by atoms with Crippen LogP contribution >= 0.6 is 0 Å². The maximum atomic E-state index is 12.1. The van der Waals surface area contributed by atoms with Crippen LogP contribution in [0.4, 0.5) is 4.79 Å². The Kier molecular flexibility index (Phi) is 6.05. The van der Waals surface area contributed by atoms with Gasteiger partial charge in [-0.05, 0) is 31.7 Å². The van der Waals surface area contributed by atoms with Crippen molar-refractivity contribution >= 4 is 6.03 Å². The zero-order valence-corrected chi connectivity index (χ0v) is 13.0. The minimum Gasteiger partial charge on any atom is -0.372 e. The zero-order valence-electron chi connectivity index (χ0n) is 13.0. The number of carbonyl (C=O) groups excluding carboxylic acids is 1. The summed E-state index contributed by atoms with van der Waals surface area (Å²) in [5.41, 5.74) is 1.32. The van der Waals surface area contributed by atoms with Crippen molar-refractivity contribution in [1.29, 1.82) is 0 Å². The minimum absolute atomic E-state index is 0.0386. The highest BCUT2D eigenvalue weighted by molar-refractivity contribution is 5.74. The van der Waals surface area contributed by atoms with Crippen LogP contribution in [-0.2, 0) is 11.2 Å². The maximum Gasteiger partial charge on any atom is 0.317 e. The molecule has 4 heteroatoms. The second-order valence-corrected chi connectivity index (χ2v) is 5.73. The van der Waals surface area contributed by atoms with Crippen molar-refractivity contribution in [3.63, 3.8) is 0 Å². The first-order valence-electron chi connectivity index (χ1n) is 7.91. The van der Waals surface area contributed by atoms with Gasteiger partial charge in [-0.3, -0.25) is 0 Å². The Hall–Kier alpha value is -1.55. The molecule has 0 spiro atoms. The molecule has 1 fully saturated rings. The van der Waals surface area contributed by atoms with Gasteiger partial charge < -0.3 is 15.0 Å². The van der Waals surface area contributed by atoms with Gasteiger partial charge in [-0.25, -0.2) is 4.79 Å². The Morgan fingerprint density at radius 1 is 1.33 bits per heavy atom. The molecule has 2 amide bonds. The van der Waals surface area contributed by atoms with E-state index >= 15 is 0 Å². The van der Waals surface area contributed by atoms with Crippen molar-refractivity contribution in [2.24, 2.45) is 0 Å². The molecule has 4 nitrogen and oxygen atoms in total. The van der Waals surface area contributed by atoms with Crippen molar-refractivity contribution in [2.75, 3.05) is 19.6 Å². The van der Waals surface area contributed by atoms with Gasteiger partial charge in [0.2, 0.25) is 0 Å². The van der Waals surface area contributed by atoms with E-state index in [1.54, 1.807) is 0 Å². The Morgan fingerprint density at radius 3 is 2.81 bits per heavy atom. The Morgan fingerprint density at radius 2 is 2.10 bits per heavy atom. The molecule has 116 valence electrons. The summed E-state index contributed by atoms with van der Waals surface area (Å²) >= 11 is 0. The topological polar surface area (TPSA) is 41.6 Å². The van der Waals surface area contributed by atoms with Crippen LogP contribution in [0.15, 0.2) is 30.3 Å². The van der Waals surface area contributed by atoms with Crippen molar-refractivity contribution in [2.45, 2.75) is 45.3 Å². The molecular weight excluding hydrogens is 264 g/mol. The number of aryl methyl sites for hydroxylation is 1. The van der Waals surface area contributed by atoms with Crippen molar-refractivity contribution < 1.29 is 9.53 Å². The van der Waals surface area contributed by atoms with Crippen LogP contribution in [0.3, 0.4) is 0 Å². The third kappa shape index (κ3) is 5.05. The molecule has 1 aromatic carbocycles. The summed E-state index contributed by atoms with van der Waals surface area (Å²) in [6.07, 6.45) is 3.13. The molecule has 0 aliphatic carbocycles.